The summed E-state index contributed by atoms with van der Waals surface area (Å²) in [6.45, 7) is 0.121. The fraction of sp³-hybridized carbons (Fsp3) is 0.133. The first-order valence-corrected chi connectivity index (χ1v) is 6.75. The van der Waals surface area contributed by atoms with Gasteiger partial charge in [0.05, 0.1) is 22.3 Å². The van der Waals surface area contributed by atoms with Crippen molar-refractivity contribution in [3.63, 3.8) is 0 Å². The number of hydrogen-bond acceptors (Lipinski definition) is 5. The van der Waals surface area contributed by atoms with Crippen molar-refractivity contribution in [2.45, 2.75) is 6.10 Å². The Bertz CT molecular complexity index is 743. The Balaban J connectivity index is 2.13. The van der Waals surface area contributed by atoms with E-state index >= 15 is 0 Å². The largest absolute Gasteiger partial charge is 0.387 e. The van der Waals surface area contributed by atoms with Crippen LogP contribution >= 0.6 is 11.6 Å². The minimum Gasteiger partial charge on any atom is -0.387 e. The number of anilines is 1. The number of hydrogen-bond donors (Lipinski definition) is 2. The Morgan fingerprint density at radius 1 is 1.36 bits per heavy atom. The predicted octanol–water partition coefficient (Wildman–Crippen LogP) is 3.27. The van der Waals surface area contributed by atoms with Gasteiger partial charge in [0.2, 0.25) is 0 Å². The van der Waals surface area contributed by atoms with Gasteiger partial charge in [-0.15, -0.1) is 0 Å². The highest BCUT2D eigenvalue weighted by Gasteiger charge is 2.14. The quantitative estimate of drug-likeness (QED) is 0.651. The molecule has 2 aromatic carbocycles. The van der Waals surface area contributed by atoms with Crippen LogP contribution < -0.4 is 5.32 Å². The Morgan fingerprint density at radius 3 is 2.73 bits per heavy atom. The van der Waals surface area contributed by atoms with E-state index in [0.717, 1.165) is 0 Å². The zero-order chi connectivity index (χ0) is 16.1. The van der Waals surface area contributed by atoms with Crippen LogP contribution in [0.4, 0.5) is 11.4 Å². The number of nitro benzene ring substituents is 1. The molecule has 0 heterocycles. The zero-order valence-electron chi connectivity index (χ0n) is 11.4. The fourth-order valence-corrected chi connectivity index (χ4v) is 2.22. The molecule has 2 aromatic rings. The standard InChI is InChI=1S/C15H12ClN3O3/c16-13-4-2-1-3-12(13)15(20)9-18-14-6-5-11(19(21)22)7-10(14)8-17/h1-7,15,18,20H,9H2. The fourth-order valence-electron chi connectivity index (χ4n) is 1.95. The minimum atomic E-state index is -0.865. The third-order valence-corrected chi connectivity index (χ3v) is 3.43. The highest BCUT2D eigenvalue weighted by Crippen LogP contribution is 2.25. The summed E-state index contributed by atoms with van der Waals surface area (Å²) in [4.78, 5) is 10.1. The second-order valence-electron chi connectivity index (χ2n) is 4.52. The summed E-state index contributed by atoms with van der Waals surface area (Å²) in [6.07, 6.45) is -0.865. The van der Waals surface area contributed by atoms with Gasteiger partial charge in [0, 0.05) is 29.3 Å². The maximum atomic E-state index is 10.7. The van der Waals surface area contributed by atoms with Crippen LogP contribution in [0.15, 0.2) is 42.5 Å². The minimum absolute atomic E-state index is 0.121. The van der Waals surface area contributed by atoms with Crippen molar-refractivity contribution in [2.24, 2.45) is 0 Å². The van der Waals surface area contributed by atoms with Crippen molar-refractivity contribution in [1.29, 1.82) is 5.26 Å². The number of nitro groups is 1. The normalized spacial score (nSPS) is 11.5. The molecule has 1 unspecified atom stereocenters. The van der Waals surface area contributed by atoms with E-state index in [4.69, 9.17) is 16.9 Å². The van der Waals surface area contributed by atoms with Gasteiger partial charge in [-0.25, -0.2) is 0 Å². The van der Waals surface area contributed by atoms with E-state index in [1.165, 1.54) is 18.2 Å². The number of aliphatic hydroxyl groups excluding tert-OH is 1. The van der Waals surface area contributed by atoms with Gasteiger partial charge in [0.15, 0.2) is 0 Å². The maximum absolute atomic E-state index is 10.7. The molecule has 0 radical (unpaired) electrons. The van der Waals surface area contributed by atoms with Crippen molar-refractivity contribution >= 4 is 23.0 Å². The van der Waals surface area contributed by atoms with E-state index < -0.39 is 11.0 Å². The molecule has 0 saturated heterocycles. The van der Waals surface area contributed by atoms with Crippen LogP contribution in [0.5, 0.6) is 0 Å². The molecule has 112 valence electrons. The molecular weight excluding hydrogens is 306 g/mol. The van der Waals surface area contributed by atoms with Gasteiger partial charge in [0.25, 0.3) is 5.69 Å². The van der Waals surface area contributed by atoms with Crippen LogP contribution in [0.3, 0.4) is 0 Å². The van der Waals surface area contributed by atoms with Crippen molar-refractivity contribution in [2.75, 3.05) is 11.9 Å². The third kappa shape index (κ3) is 3.52. The number of rotatable bonds is 5. The van der Waals surface area contributed by atoms with Gasteiger partial charge in [-0.2, -0.15) is 5.26 Å². The first-order valence-electron chi connectivity index (χ1n) is 6.38. The van der Waals surface area contributed by atoms with Crippen molar-refractivity contribution in [3.05, 3.63) is 68.7 Å². The lowest BCUT2D eigenvalue weighted by atomic mass is 10.1. The van der Waals surface area contributed by atoms with Crippen LogP contribution in [-0.4, -0.2) is 16.6 Å². The number of nitrogens with one attached hydrogen (secondary N) is 1. The van der Waals surface area contributed by atoms with Gasteiger partial charge < -0.3 is 10.4 Å². The maximum Gasteiger partial charge on any atom is 0.270 e. The summed E-state index contributed by atoms with van der Waals surface area (Å²) in [5, 5.41) is 33.2. The molecule has 2 N–H and O–H groups in total. The molecule has 0 fully saturated rings. The Morgan fingerprint density at radius 2 is 2.09 bits per heavy atom. The average molecular weight is 318 g/mol. The monoisotopic (exact) mass is 317 g/mol. The second-order valence-corrected chi connectivity index (χ2v) is 4.92. The molecular formula is C15H12ClN3O3. The summed E-state index contributed by atoms with van der Waals surface area (Å²) in [6, 6.07) is 12.7. The number of nitrogens with zero attached hydrogens (tertiary/aromatic N) is 2. The predicted molar refractivity (Wildman–Crippen MR) is 82.7 cm³/mol. The summed E-state index contributed by atoms with van der Waals surface area (Å²) in [7, 11) is 0. The molecule has 0 aliphatic rings. The molecule has 0 bridgehead atoms. The highest BCUT2D eigenvalue weighted by molar-refractivity contribution is 6.31. The molecule has 0 aliphatic heterocycles. The van der Waals surface area contributed by atoms with Crippen molar-refractivity contribution < 1.29 is 10.0 Å². The van der Waals surface area contributed by atoms with E-state index in [1.54, 1.807) is 24.3 Å². The number of benzene rings is 2. The first-order chi connectivity index (χ1) is 10.5. The molecule has 0 aromatic heterocycles. The molecule has 0 saturated carbocycles. The zero-order valence-corrected chi connectivity index (χ0v) is 12.1. The summed E-state index contributed by atoms with van der Waals surface area (Å²) < 4.78 is 0. The number of aliphatic hydroxyl groups is 1. The van der Waals surface area contributed by atoms with Crippen LogP contribution in [0, 0.1) is 21.4 Å². The van der Waals surface area contributed by atoms with E-state index in [1.807, 2.05) is 6.07 Å². The SMILES string of the molecule is N#Cc1cc([N+](=O)[O-])ccc1NCC(O)c1ccccc1Cl. The molecule has 7 heteroatoms. The topological polar surface area (TPSA) is 99.2 Å². The van der Waals surface area contributed by atoms with Crippen molar-refractivity contribution in [1.82, 2.24) is 0 Å². The number of non-ortho nitro benzene ring substituents is 1. The second kappa shape index (κ2) is 6.89. The highest BCUT2D eigenvalue weighted by atomic mass is 35.5. The molecule has 6 nitrogen and oxygen atoms in total. The first kappa shape index (κ1) is 15.8. The lowest BCUT2D eigenvalue weighted by Crippen LogP contribution is -2.13. The molecule has 0 spiro atoms. The van der Waals surface area contributed by atoms with Crippen LogP contribution in [-0.2, 0) is 0 Å². The Hall–Kier alpha value is -2.62. The van der Waals surface area contributed by atoms with Gasteiger partial charge in [-0.3, -0.25) is 10.1 Å². The van der Waals surface area contributed by atoms with Crippen LogP contribution in [0.25, 0.3) is 0 Å². The molecule has 0 aliphatic carbocycles. The Labute approximate surface area is 131 Å². The van der Waals surface area contributed by atoms with Crippen molar-refractivity contribution in [3.8, 4) is 6.07 Å². The average Bonchev–Trinajstić information content (AvgIpc) is 2.52. The van der Waals surface area contributed by atoms with E-state index in [0.29, 0.717) is 16.3 Å². The lowest BCUT2D eigenvalue weighted by Gasteiger charge is -2.15. The summed E-state index contributed by atoms with van der Waals surface area (Å²) in [5.74, 6) is 0. The smallest absolute Gasteiger partial charge is 0.270 e. The molecule has 0 amide bonds. The Kier molecular flexibility index (Phi) is 4.94. The van der Waals surface area contributed by atoms with E-state index in [2.05, 4.69) is 5.32 Å². The molecule has 1 atom stereocenters. The van der Waals surface area contributed by atoms with Gasteiger partial charge >= 0.3 is 0 Å². The van der Waals surface area contributed by atoms with Gasteiger partial charge in [-0.1, -0.05) is 29.8 Å². The molecule has 2 rings (SSSR count). The van der Waals surface area contributed by atoms with Crippen LogP contribution in [0.2, 0.25) is 5.02 Å². The summed E-state index contributed by atoms with van der Waals surface area (Å²) >= 11 is 6.00. The van der Waals surface area contributed by atoms with Gasteiger partial charge in [0.1, 0.15) is 6.07 Å². The third-order valence-electron chi connectivity index (χ3n) is 3.08. The summed E-state index contributed by atoms with van der Waals surface area (Å²) in [5.41, 5.74) is 0.964. The lowest BCUT2D eigenvalue weighted by molar-refractivity contribution is -0.384. The molecule has 22 heavy (non-hydrogen) atoms. The van der Waals surface area contributed by atoms with E-state index in [-0.39, 0.29) is 17.8 Å². The number of halogens is 1. The van der Waals surface area contributed by atoms with E-state index in [9.17, 15) is 15.2 Å². The van der Waals surface area contributed by atoms with Gasteiger partial charge in [-0.05, 0) is 12.1 Å². The van der Waals surface area contributed by atoms with Crippen LogP contribution in [0.1, 0.15) is 17.2 Å². The number of nitriles is 1.